The molecule has 4 fully saturated rings. The summed E-state index contributed by atoms with van der Waals surface area (Å²) < 4.78 is 46.6. The minimum absolute atomic E-state index is 0.0271. The van der Waals surface area contributed by atoms with E-state index in [4.69, 9.17) is 24.2 Å². The first-order chi connectivity index (χ1) is 33.4. The summed E-state index contributed by atoms with van der Waals surface area (Å²) >= 11 is 1.49. The zero-order valence-electron chi connectivity index (χ0n) is 41.1. The number of aromatic nitrogens is 2. The maximum atomic E-state index is 15.3. The predicted octanol–water partition coefficient (Wildman–Crippen LogP) is 7.27. The number of sulfonamides is 1. The fourth-order valence-corrected chi connectivity index (χ4v) is 12.3. The minimum atomic E-state index is -4.02. The van der Waals surface area contributed by atoms with Crippen molar-refractivity contribution in [3.8, 4) is 22.2 Å². The number of carbonyl (C=O) groups excluding carboxylic acids is 4. The van der Waals surface area contributed by atoms with Gasteiger partial charge in [0.1, 0.15) is 45.9 Å². The van der Waals surface area contributed by atoms with Crippen LogP contribution in [-0.2, 0) is 29.1 Å². The Hall–Kier alpha value is -5.59. The normalized spacial score (nSPS) is 26.9. The van der Waals surface area contributed by atoms with Crippen molar-refractivity contribution in [3.63, 3.8) is 0 Å². The summed E-state index contributed by atoms with van der Waals surface area (Å²) in [6.07, 6.45) is 7.61. The zero-order valence-corrected chi connectivity index (χ0v) is 42.7. The lowest BCUT2D eigenvalue weighted by Gasteiger charge is -2.35. The number of methoxy groups -OCH3 is 1. The van der Waals surface area contributed by atoms with E-state index in [0.717, 1.165) is 29.1 Å². The summed E-state index contributed by atoms with van der Waals surface area (Å²) in [5.74, 6) is -0.920. The second-order valence-electron chi connectivity index (χ2n) is 20.5. The van der Waals surface area contributed by atoms with Crippen LogP contribution in [0.25, 0.3) is 21.6 Å². The molecule has 3 N–H and O–H groups in total. The Labute approximate surface area is 414 Å². The molecular formula is C52H65N7O9S2. The molecule has 0 unspecified atom stereocenters. The SMILES string of the molecule is COc1ccc2c(O[C@@H]3C[C@H]4C(=O)N[C@]5(C(=O)NS(=O)(=O)C6(C)CC6)C[C@H]5C=CCCCCC[C@H](Nc5cccc(C(=O)N6C[C@@H](C)O[C@@H](C)C6)c5)C(=O)N4C3)cc(-c3nc(C(C)C)cs3)nc2c1C. The van der Waals surface area contributed by atoms with Crippen LogP contribution in [0.15, 0.2) is 60.0 Å². The summed E-state index contributed by atoms with van der Waals surface area (Å²) in [4.78, 5) is 71.6. The third-order valence-corrected chi connectivity index (χ3v) is 17.7. The van der Waals surface area contributed by atoms with Crippen molar-refractivity contribution in [2.75, 3.05) is 32.1 Å². The average molecular weight is 996 g/mol. The second-order valence-corrected chi connectivity index (χ2v) is 23.5. The van der Waals surface area contributed by atoms with Crippen LogP contribution >= 0.6 is 11.3 Å². The molecule has 7 atom stereocenters. The third kappa shape index (κ3) is 10.0. The van der Waals surface area contributed by atoms with E-state index >= 15 is 4.79 Å². The Morgan fingerprint density at radius 1 is 1.00 bits per heavy atom. The number of thiazole rings is 1. The number of pyridine rings is 1. The highest BCUT2D eigenvalue weighted by molar-refractivity contribution is 7.91. The second kappa shape index (κ2) is 19.5. The molecule has 2 aromatic heterocycles. The van der Waals surface area contributed by atoms with Crippen molar-refractivity contribution in [2.24, 2.45) is 5.92 Å². The molecular weight excluding hydrogens is 931 g/mol. The summed E-state index contributed by atoms with van der Waals surface area (Å²) in [5.41, 5.74) is 2.55. The van der Waals surface area contributed by atoms with Crippen molar-refractivity contribution in [1.82, 2.24) is 29.8 Å². The molecule has 0 spiro atoms. The first-order valence-corrected chi connectivity index (χ1v) is 27.0. The van der Waals surface area contributed by atoms with Gasteiger partial charge in [-0.1, -0.05) is 44.9 Å². The van der Waals surface area contributed by atoms with Gasteiger partial charge in [0.25, 0.3) is 11.8 Å². The van der Waals surface area contributed by atoms with Crippen molar-refractivity contribution < 1.29 is 41.8 Å². The molecule has 3 aliphatic heterocycles. The van der Waals surface area contributed by atoms with Crippen LogP contribution in [0.1, 0.15) is 120 Å². The molecule has 2 saturated carbocycles. The van der Waals surface area contributed by atoms with Crippen molar-refractivity contribution in [1.29, 1.82) is 0 Å². The Balaban J connectivity index is 1.06. The summed E-state index contributed by atoms with van der Waals surface area (Å²) in [5, 5.41) is 9.92. The van der Waals surface area contributed by atoms with E-state index in [9.17, 15) is 22.8 Å². The Kier molecular flexibility index (Phi) is 13.8. The third-order valence-electron chi connectivity index (χ3n) is 14.6. The van der Waals surface area contributed by atoms with Gasteiger partial charge in [0.05, 0.1) is 41.8 Å². The number of fused-ring (bicyclic) bond motifs is 3. The number of allylic oxidation sites excluding steroid dienone is 1. The lowest BCUT2D eigenvalue weighted by atomic mass is 10.0. The molecule has 5 aliphatic rings. The van der Waals surface area contributed by atoms with Crippen LogP contribution < -0.4 is 24.8 Å². The molecule has 2 aromatic carbocycles. The number of carbonyl (C=O) groups is 4. The molecule has 0 radical (unpaired) electrons. The number of rotatable bonds is 11. The van der Waals surface area contributed by atoms with Gasteiger partial charge in [-0.15, -0.1) is 11.3 Å². The van der Waals surface area contributed by atoms with Crippen LogP contribution in [0.3, 0.4) is 0 Å². The first-order valence-electron chi connectivity index (χ1n) is 24.7. The van der Waals surface area contributed by atoms with E-state index in [2.05, 4.69) is 29.2 Å². The van der Waals surface area contributed by atoms with Crippen molar-refractivity contribution in [2.45, 2.75) is 146 Å². The lowest BCUT2D eigenvalue weighted by molar-refractivity contribution is -0.140. The van der Waals surface area contributed by atoms with Crippen LogP contribution in [0.4, 0.5) is 5.69 Å². The Bertz CT molecular complexity index is 2820. The van der Waals surface area contributed by atoms with E-state index in [-0.39, 0.29) is 49.3 Å². The molecule has 9 rings (SSSR count). The summed E-state index contributed by atoms with van der Waals surface area (Å²) in [6.45, 7) is 12.6. The van der Waals surface area contributed by atoms with Crippen LogP contribution in [0, 0.1) is 12.8 Å². The Morgan fingerprint density at radius 3 is 2.49 bits per heavy atom. The molecule has 374 valence electrons. The molecule has 2 aliphatic carbocycles. The van der Waals surface area contributed by atoms with Crippen LogP contribution in [-0.4, -0.2) is 119 Å². The van der Waals surface area contributed by atoms with E-state index in [1.54, 1.807) is 37.1 Å². The molecule has 4 aromatic rings. The standard InChI is InChI=1S/C52H65N7O9S2/c1-30(2)41-29-69-47(55-41)40-24-44(38-18-19-43(66-7)33(5)45(38)54-40)68-37-23-42-46(60)56-52(50(63)57-70(64,65)51(6)20-21-51)25-35(52)15-11-9-8-10-12-17-39(49(62)59(42)28-37)53-36-16-13-14-34(22-36)48(61)58-26-31(3)67-32(4)27-58/h11,13-16,18-19,22,24,29-32,35,37,39,42,53H,8-10,12,17,20-21,23,25-28H2,1-7H3,(H,56,60)(H,57,63)/t31-,32+,35-,37-,39+,42+,52-/m1/s1. The van der Waals surface area contributed by atoms with Crippen LogP contribution in [0.5, 0.6) is 11.5 Å². The molecule has 18 heteroatoms. The van der Waals surface area contributed by atoms with E-state index in [0.29, 0.717) is 84.5 Å². The van der Waals surface area contributed by atoms with E-state index in [1.807, 2.05) is 62.6 Å². The number of aryl methyl sites for hydroxylation is 1. The summed E-state index contributed by atoms with van der Waals surface area (Å²) in [7, 11) is -2.41. The van der Waals surface area contributed by atoms with E-state index in [1.165, 1.54) is 16.2 Å². The number of benzene rings is 2. The fraction of sp³-hybridized carbons (Fsp3) is 0.538. The first kappa shape index (κ1) is 49.4. The molecule has 2 saturated heterocycles. The van der Waals surface area contributed by atoms with Gasteiger partial charge in [-0.3, -0.25) is 23.9 Å². The molecule has 0 bridgehead atoms. The van der Waals surface area contributed by atoms with Crippen molar-refractivity contribution >= 4 is 61.6 Å². The number of nitrogens with zero attached hydrogens (tertiary/aromatic N) is 4. The number of anilines is 1. The maximum Gasteiger partial charge on any atom is 0.259 e. The number of nitrogens with one attached hydrogen (secondary N) is 3. The van der Waals surface area contributed by atoms with Gasteiger partial charge in [0.15, 0.2) is 0 Å². The molecule has 4 amide bonds. The zero-order chi connectivity index (χ0) is 49.7. The molecule has 70 heavy (non-hydrogen) atoms. The number of morpholine rings is 1. The predicted molar refractivity (Wildman–Crippen MR) is 268 cm³/mol. The minimum Gasteiger partial charge on any atom is -0.496 e. The lowest BCUT2D eigenvalue weighted by Crippen LogP contribution is -2.58. The smallest absolute Gasteiger partial charge is 0.259 e. The highest BCUT2D eigenvalue weighted by atomic mass is 32.2. The van der Waals surface area contributed by atoms with Crippen LogP contribution in [0.2, 0.25) is 0 Å². The summed E-state index contributed by atoms with van der Waals surface area (Å²) in [6, 6.07) is 10.9. The maximum absolute atomic E-state index is 15.3. The van der Waals surface area contributed by atoms with Gasteiger partial charge in [0, 0.05) is 59.1 Å². The van der Waals surface area contributed by atoms with Gasteiger partial charge in [-0.2, -0.15) is 0 Å². The highest BCUT2D eigenvalue weighted by Gasteiger charge is 2.63. The number of ether oxygens (including phenoxy) is 3. The largest absolute Gasteiger partial charge is 0.496 e. The average Bonchev–Trinajstić information content (AvgIpc) is 4.10. The van der Waals surface area contributed by atoms with Gasteiger partial charge >= 0.3 is 0 Å². The monoisotopic (exact) mass is 995 g/mol. The quantitative estimate of drug-likeness (QED) is 0.127. The number of amides is 4. The van der Waals surface area contributed by atoms with Gasteiger partial charge < -0.3 is 34.6 Å². The van der Waals surface area contributed by atoms with Gasteiger partial charge in [-0.05, 0) is 102 Å². The number of hydrogen-bond acceptors (Lipinski definition) is 13. The highest BCUT2D eigenvalue weighted by Crippen LogP contribution is 2.48. The van der Waals surface area contributed by atoms with E-state index < -0.39 is 56.2 Å². The van der Waals surface area contributed by atoms with Gasteiger partial charge in [0.2, 0.25) is 21.8 Å². The fourth-order valence-electron chi connectivity index (χ4n) is 10.1. The van der Waals surface area contributed by atoms with Crippen molar-refractivity contribution in [3.05, 3.63) is 76.8 Å². The Morgan fingerprint density at radius 2 is 1.77 bits per heavy atom. The number of hydrogen-bond donors (Lipinski definition) is 3. The molecule has 16 nitrogen and oxygen atoms in total. The molecule has 5 heterocycles. The van der Waals surface area contributed by atoms with Gasteiger partial charge in [-0.25, -0.2) is 18.4 Å². The topological polar surface area (TPSA) is 198 Å².